The first-order valence-electron chi connectivity index (χ1n) is 7.78. The molecule has 1 aromatic carbocycles. The number of benzene rings is 1. The van der Waals surface area contributed by atoms with Gasteiger partial charge in [-0.3, -0.25) is 14.9 Å². The molecule has 8 heteroatoms. The summed E-state index contributed by atoms with van der Waals surface area (Å²) in [6.07, 6.45) is -1.20. The Morgan fingerprint density at radius 2 is 1.96 bits per heavy atom. The predicted molar refractivity (Wildman–Crippen MR) is 85.4 cm³/mol. The van der Waals surface area contributed by atoms with Crippen LogP contribution in [-0.2, 0) is 9.53 Å². The Morgan fingerprint density at radius 1 is 1.33 bits per heavy atom. The van der Waals surface area contributed by atoms with E-state index in [1.807, 2.05) is 13.8 Å². The quantitative estimate of drug-likeness (QED) is 0.621. The third-order valence-corrected chi connectivity index (χ3v) is 4.43. The SMILES string of the molecule is CC(=O)N[C@H]1[C@@H](Oc2ccc([N+](=O)[O-])cc2)O[C@H](CO)[C@H](C)[C@@H]1C. The van der Waals surface area contributed by atoms with Crippen LogP contribution in [-0.4, -0.2) is 41.0 Å². The fourth-order valence-electron chi connectivity index (χ4n) is 2.82. The number of non-ortho nitro benzene ring substituents is 1. The summed E-state index contributed by atoms with van der Waals surface area (Å²) in [5.74, 6) is 0.230. The van der Waals surface area contributed by atoms with Crippen LogP contribution in [0.15, 0.2) is 24.3 Å². The van der Waals surface area contributed by atoms with Crippen molar-refractivity contribution < 1.29 is 24.3 Å². The molecule has 1 heterocycles. The smallest absolute Gasteiger partial charge is 0.269 e. The van der Waals surface area contributed by atoms with Gasteiger partial charge in [-0.2, -0.15) is 0 Å². The second-order valence-corrected chi connectivity index (χ2v) is 6.04. The molecular formula is C16H22N2O6. The summed E-state index contributed by atoms with van der Waals surface area (Å²) in [6.45, 7) is 5.17. The number of hydrogen-bond donors (Lipinski definition) is 2. The van der Waals surface area contributed by atoms with Gasteiger partial charge < -0.3 is 19.9 Å². The van der Waals surface area contributed by atoms with Crippen LogP contribution in [0.4, 0.5) is 5.69 Å². The standard InChI is InChI=1S/C16H22N2O6/c1-9-10(2)15(17-11(3)20)16(24-14(9)8-19)23-13-6-4-12(5-7-13)18(21)22/h4-7,9-10,14-16,19H,8H2,1-3H3,(H,17,20)/t9-,10+,14-,15-,16+/m1/s1. The van der Waals surface area contributed by atoms with Crippen LogP contribution in [0.25, 0.3) is 0 Å². The van der Waals surface area contributed by atoms with E-state index in [9.17, 15) is 20.0 Å². The van der Waals surface area contributed by atoms with Crippen LogP contribution in [0.1, 0.15) is 20.8 Å². The van der Waals surface area contributed by atoms with Crippen molar-refractivity contribution in [2.24, 2.45) is 11.8 Å². The molecule has 132 valence electrons. The van der Waals surface area contributed by atoms with Gasteiger partial charge in [0.2, 0.25) is 12.2 Å². The van der Waals surface area contributed by atoms with Gasteiger partial charge in [0, 0.05) is 19.1 Å². The number of aliphatic hydroxyl groups excluding tert-OH is 1. The van der Waals surface area contributed by atoms with Gasteiger partial charge in [0.25, 0.3) is 5.69 Å². The Balaban J connectivity index is 2.19. The van der Waals surface area contributed by atoms with Crippen molar-refractivity contribution in [1.82, 2.24) is 5.32 Å². The molecule has 1 aromatic rings. The average molecular weight is 338 g/mol. The van der Waals surface area contributed by atoms with Gasteiger partial charge in [0.15, 0.2) is 0 Å². The van der Waals surface area contributed by atoms with E-state index < -0.39 is 23.4 Å². The molecule has 0 aromatic heterocycles. The highest BCUT2D eigenvalue weighted by Crippen LogP contribution is 2.32. The van der Waals surface area contributed by atoms with Crippen molar-refractivity contribution in [2.45, 2.75) is 39.2 Å². The minimum absolute atomic E-state index is 0.0165. The summed E-state index contributed by atoms with van der Waals surface area (Å²) in [5.41, 5.74) is -0.0412. The fourth-order valence-corrected chi connectivity index (χ4v) is 2.82. The third kappa shape index (κ3) is 4.01. The first-order chi connectivity index (χ1) is 11.3. The van der Waals surface area contributed by atoms with Gasteiger partial charge in [0.05, 0.1) is 23.7 Å². The number of ether oxygens (including phenoxy) is 2. The largest absolute Gasteiger partial charge is 0.463 e. The molecule has 2 N–H and O–H groups in total. The van der Waals surface area contributed by atoms with Crippen LogP contribution < -0.4 is 10.1 Å². The summed E-state index contributed by atoms with van der Waals surface area (Å²) >= 11 is 0. The Kier molecular flexibility index (Phi) is 5.74. The summed E-state index contributed by atoms with van der Waals surface area (Å²) in [5, 5.41) is 23.0. The lowest BCUT2D eigenvalue weighted by Crippen LogP contribution is -2.59. The normalized spacial score (nSPS) is 29.8. The van der Waals surface area contributed by atoms with Crippen LogP contribution in [0.5, 0.6) is 5.75 Å². The number of nitro benzene ring substituents is 1. The zero-order valence-electron chi connectivity index (χ0n) is 13.8. The van der Waals surface area contributed by atoms with E-state index in [2.05, 4.69) is 5.32 Å². The molecule has 24 heavy (non-hydrogen) atoms. The number of carbonyl (C=O) groups excluding carboxylic acids is 1. The number of nitrogens with one attached hydrogen (secondary N) is 1. The number of aliphatic hydroxyl groups is 1. The maximum atomic E-state index is 11.5. The highest BCUT2D eigenvalue weighted by molar-refractivity contribution is 5.73. The minimum Gasteiger partial charge on any atom is -0.463 e. The van der Waals surface area contributed by atoms with E-state index in [4.69, 9.17) is 9.47 Å². The minimum atomic E-state index is -0.793. The van der Waals surface area contributed by atoms with Gasteiger partial charge in [-0.15, -0.1) is 0 Å². The number of nitrogens with zero attached hydrogens (tertiary/aromatic N) is 1. The highest BCUT2D eigenvalue weighted by Gasteiger charge is 2.43. The molecule has 0 unspecified atom stereocenters. The van der Waals surface area contributed by atoms with Crippen molar-refractivity contribution in [3.63, 3.8) is 0 Å². The van der Waals surface area contributed by atoms with Crippen LogP contribution in [0.3, 0.4) is 0 Å². The Morgan fingerprint density at radius 3 is 2.46 bits per heavy atom. The van der Waals surface area contributed by atoms with Crippen LogP contribution >= 0.6 is 0 Å². The van der Waals surface area contributed by atoms with E-state index in [-0.39, 0.29) is 30.0 Å². The Labute approximate surface area is 139 Å². The van der Waals surface area contributed by atoms with Crippen molar-refractivity contribution in [3.05, 3.63) is 34.4 Å². The number of nitro groups is 1. The second kappa shape index (κ2) is 7.59. The van der Waals surface area contributed by atoms with Crippen molar-refractivity contribution >= 4 is 11.6 Å². The molecule has 8 nitrogen and oxygen atoms in total. The average Bonchev–Trinajstić information content (AvgIpc) is 2.54. The number of amides is 1. The maximum Gasteiger partial charge on any atom is 0.269 e. The predicted octanol–water partition coefficient (Wildman–Crippen LogP) is 1.47. The monoisotopic (exact) mass is 338 g/mol. The van der Waals surface area contributed by atoms with Crippen molar-refractivity contribution in [2.75, 3.05) is 6.61 Å². The fraction of sp³-hybridized carbons (Fsp3) is 0.562. The van der Waals surface area contributed by atoms with E-state index in [1.165, 1.54) is 31.2 Å². The second-order valence-electron chi connectivity index (χ2n) is 6.04. The van der Waals surface area contributed by atoms with Crippen LogP contribution in [0, 0.1) is 22.0 Å². The molecule has 0 bridgehead atoms. The lowest BCUT2D eigenvalue weighted by molar-refractivity contribution is -0.384. The van der Waals surface area contributed by atoms with Gasteiger partial charge in [0.1, 0.15) is 5.75 Å². The molecule has 1 aliphatic heterocycles. The van der Waals surface area contributed by atoms with Gasteiger partial charge >= 0.3 is 0 Å². The molecule has 0 spiro atoms. The molecule has 1 saturated heterocycles. The maximum absolute atomic E-state index is 11.5. The van der Waals surface area contributed by atoms with Gasteiger partial charge in [-0.05, 0) is 24.0 Å². The summed E-state index contributed by atoms with van der Waals surface area (Å²) in [6, 6.07) is 5.23. The molecule has 1 aliphatic rings. The molecule has 5 atom stereocenters. The van der Waals surface area contributed by atoms with Crippen molar-refractivity contribution in [1.29, 1.82) is 0 Å². The number of hydrogen-bond acceptors (Lipinski definition) is 6. The lowest BCUT2D eigenvalue weighted by atomic mass is 9.82. The van der Waals surface area contributed by atoms with E-state index >= 15 is 0 Å². The van der Waals surface area contributed by atoms with Gasteiger partial charge in [-0.25, -0.2) is 0 Å². The zero-order valence-corrected chi connectivity index (χ0v) is 13.8. The highest BCUT2D eigenvalue weighted by atomic mass is 16.7. The van der Waals surface area contributed by atoms with E-state index in [1.54, 1.807) is 0 Å². The van der Waals surface area contributed by atoms with E-state index in [0.29, 0.717) is 5.75 Å². The molecule has 1 fully saturated rings. The van der Waals surface area contributed by atoms with Crippen LogP contribution in [0.2, 0.25) is 0 Å². The zero-order chi connectivity index (χ0) is 17.9. The Hall–Kier alpha value is -2.19. The molecule has 1 amide bonds. The summed E-state index contributed by atoms with van der Waals surface area (Å²) in [4.78, 5) is 21.7. The molecule has 2 rings (SSSR count). The topological polar surface area (TPSA) is 111 Å². The van der Waals surface area contributed by atoms with E-state index in [0.717, 1.165) is 0 Å². The molecular weight excluding hydrogens is 316 g/mol. The number of rotatable bonds is 5. The lowest BCUT2D eigenvalue weighted by Gasteiger charge is -2.44. The molecule has 0 radical (unpaired) electrons. The first kappa shape index (κ1) is 18.2. The third-order valence-electron chi connectivity index (χ3n) is 4.43. The summed E-state index contributed by atoms with van der Waals surface area (Å²) in [7, 11) is 0. The van der Waals surface area contributed by atoms with Gasteiger partial charge in [-0.1, -0.05) is 13.8 Å². The number of carbonyl (C=O) groups is 1. The molecule has 0 saturated carbocycles. The first-order valence-corrected chi connectivity index (χ1v) is 7.78. The van der Waals surface area contributed by atoms with Crippen molar-refractivity contribution in [3.8, 4) is 5.75 Å². The molecule has 0 aliphatic carbocycles. The Bertz CT molecular complexity index is 591. The summed E-state index contributed by atoms with van der Waals surface area (Å²) < 4.78 is 11.6.